The van der Waals surface area contributed by atoms with E-state index < -0.39 is 11.5 Å². The van der Waals surface area contributed by atoms with Crippen molar-refractivity contribution < 1.29 is 9.59 Å². The van der Waals surface area contributed by atoms with Gasteiger partial charge in [0, 0.05) is 24.9 Å². The molecule has 2 amide bonds. The monoisotopic (exact) mass is 382 g/mol. The van der Waals surface area contributed by atoms with E-state index in [2.05, 4.69) is 0 Å². The molecule has 2 aliphatic rings. The van der Waals surface area contributed by atoms with E-state index in [0.29, 0.717) is 25.9 Å². The van der Waals surface area contributed by atoms with Crippen molar-refractivity contribution in [3.63, 3.8) is 0 Å². The average Bonchev–Trinajstić information content (AvgIpc) is 3.34. The van der Waals surface area contributed by atoms with Gasteiger partial charge in [-0.1, -0.05) is 36.4 Å². The Morgan fingerprint density at radius 2 is 2.07 bits per heavy atom. The average molecular weight is 382 g/mol. The van der Waals surface area contributed by atoms with Crippen LogP contribution in [0.4, 0.5) is 0 Å². The van der Waals surface area contributed by atoms with Gasteiger partial charge in [-0.3, -0.25) is 14.5 Å². The molecule has 0 bridgehead atoms. The van der Waals surface area contributed by atoms with Crippen molar-refractivity contribution in [3.8, 4) is 0 Å². The number of rotatable bonds is 4. The number of aliphatic imine (C=N–C) groups is 1. The van der Waals surface area contributed by atoms with E-state index in [4.69, 9.17) is 10.7 Å². The van der Waals surface area contributed by atoms with Gasteiger partial charge in [0.25, 0.3) is 0 Å². The third kappa shape index (κ3) is 3.02. The van der Waals surface area contributed by atoms with Gasteiger partial charge in [0.15, 0.2) is 5.96 Å². The van der Waals surface area contributed by atoms with Crippen molar-refractivity contribution in [2.24, 2.45) is 16.6 Å². The third-order valence-electron chi connectivity index (χ3n) is 5.47. The predicted octanol–water partition coefficient (Wildman–Crippen LogP) is 1.82. The molecular formula is C20H22N4O2S. The number of hydrogen-bond acceptors (Lipinski definition) is 5. The van der Waals surface area contributed by atoms with E-state index in [1.807, 2.05) is 47.8 Å². The molecule has 0 aliphatic carbocycles. The Labute approximate surface area is 162 Å². The predicted molar refractivity (Wildman–Crippen MR) is 105 cm³/mol. The van der Waals surface area contributed by atoms with Crippen LogP contribution >= 0.6 is 11.3 Å². The van der Waals surface area contributed by atoms with Crippen molar-refractivity contribution >= 4 is 29.1 Å². The number of benzene rings is 1. The van der Waals surface area contributed by atoms with E-state index in [-0.39, 0.29) is 17.8 Å². The fraction of sp³-hybridized carbons (Fsp3) is 0.350. The summed E-state index contributed by atoms with van der Waals surface area (Å²) in [6, 6.07) is 13.9. The van der Waals surface area contributed by atoms with Crippen LogP contribution in [0.3, 0.4) is 0 Å². The SMILES string of the molecule is CN1C(=O)C2CN(C(=O)CCc3ccccc3)CC2(c2cccs2)N=C1N. The van der Waals surface area contributed by atoms with Gasteiger partial charge in [-0.15, -0.1) is 11.3 Å². The highest BCUT2D eigenvalue weighted by Gasteiger charge is 2.56. The van der Waals surface area contributed by atoms with Crippen LogP contribution in [0, 0.1) is 5.92 Å². The maximum Gasteiger partial charge on any atom is 0.236 e. The minimum atomic E-state index is -0.760. The molecule has 1 fully saturated rings. The van der Waals surface area contributed by atoms with Crippen LogP contribution in [0.1, 0.15) is 16.9 Å². The molecule has 0 spiro atoms. The van der Waals surface area contributed by atoms with Crippen molar-refractivity contribution in [3.05, 3.63) is 58.3 Å². The number of nitrogens with two attached hydrogens (primary N) is 1. The Morgan fingerprint density at radius 3 is 2.78 bits per heavy atom. The smallest absolute Gasteiger partial charge is 0.236 e. The zero-order chi connectivity index (χ0) is 19.0. The Kier molecular flexibility index (Phi) is 4.47. The molecule has 2 atom stereocenters. The van der Waals surface area contributed by atoms with Gasteiger partial charge >= 0.3 is 0 Å². The second kappa shape index (κ2) is 6.81. The van der Waals surface area contributed by atoms with Crippen LogP contribution in [0.2, 0.25) is 0 Å². The number of amides is 2. The largest absolute Gasteiger partial charge is 0.369 e. The van der Waals surface area contributed by atoms with Crippen LogP contribution in [-0.4, -0.2) is 47.7 Å². The summed E-state index contributed by atoms with van der Waals surface area (Å²) in [5, 5.41) is 1.97. The molecule has 2 unspecified atom stereocenters. The molecule has 4 rings (SSSR count). The molecule has 2 N–H and O–H groups in total. The molecule has 0 saturated carbocycles. The standard InChI is InChI=1S/C20H22N4O2S/c1-23-18(26)15-12-24(17(25)10-9-14-6-3-2-4-7-14)13-20(15,22-19(23)21)16-8-5-11-27-16/h2-8,11,15H,9-10,12-13H2,1H3,(H2,21,22). The minimum absolute atomic E-state index is 0.0495. The Balaban J connectivity index is 1.58. The highest BCUT2D eigenvalue weighted by atomic mass is 32.1. The van der Waals surface area contributed by atoms with E-state index >= 15 is 0 Å². The fourth-order valence-corrected chi connectivity index (χ4v) is 4.85. The first-order valence-corrected chi connectivity index (χ1v) is 9.88. The van der Waals surface area contributed by atoms with Crippen LogP contribution in [0.5, 0.6) is 0 Å². The highest BCUT2D eigenvalue weighted by molar-refractivity contribution is 7.10. The zero-order valence-corrected chi connectivity index (χ0v) is 16.0. The van der Waals surface area contributed by atoms with Gasteiger partial charge in [0.05, 0.1) is 12.5 Å². The summed E-state index contributed by atoms with van der Waals surface area (Å²) in [5.74, 6) is -0.208. The Hall–Kier alpha value is -2.67. The molecule has 2 aliphatic heterocycles. The molecule has 1 saturated heterocycles. The summed E-state index contributed by atoms with van der Waals surface area (Å²) < 4.78 is 0. The van der Waals surface area contributed by atoms with Gasteiger partial charge in [-0.05, 0) is 23.4 Å². The topological polar surface area (TPSA) is 79.0 Å². The summed E-state index contributed by atoms with van der Waals surface area (Å²) in [5.41, 5.74) is 6.40. The van der Waals surface area contributed by atoms with Crippen molar-refractivity contribution in [1.82, 2.24) is 9.80 Å². The summed E-state index contributed by atoms with van der Waals surface area (Å²) in [6.45, 7) is 0.775. The quantitative estimate of drug-likeness (QED) is 0.876. The molecule has 7 heteroatoms. The van der Waals surface area contributed by atoms with Gasteiger partial charge in [0.1, 0.15) is 5.54 Å². The molecule has 3 heterocycles. The maximum atomic E-state index is 12.9. The lowest BCUT2D eigenvalue weighted by Crippen LogP contribution is -2.54. The lowest BCUT2D eigenvalue weighted by molar-refractivity contribution is -0.133. The molecule has 27 heavy (non-hydrogen) atoms. The normalized spacial score (nSPS) is 24.7. The second-order valence-electron chi connectivity index (χ2n) is 7.08. The van der Waals surface area contributed by atoms with E-state index in [9.17, 15) is 9.59 Å². The minimum Gasteiger partial charge on any atom is -0.369 e. The van der Waals surface area contributed by atoms with Gasteiger partial charge < -0.3 is 10.6 Å². The van der Waals surface area contributed by atoms with Gasteiger partial charge in [-0.25, -0.2) is 4.99 Å². The molecule has 1 aromatic carbocycles. The second-order valence-corrected chi connectivity index (χ2v) is 8.03. The fourth-order valence-electron chi connectivity index (χ4n) is 3.93. The lowest BCUT2D eigenvalue weighted by Gasteiger charge is -2.36. The number of fused-ring (bicyclic) bond motifs is 1. The third-order valence-corrected chi connectivity index (χ3v) is 6.51. The maximum absolute atomic E-state index is 12.9. The summed E-state index contributed by atoms with van der Waals surface area (Å²) >= 11 is 1.55. The first-order valence-electron chi connectivity index (χ1n) is 9.00. The molecule has 6 nitrogen and oxygen atoms in total. The van der Waals surface area contributed by atoms with Crippen molar-refractivity contribution in [2.45, 2.75) is 18.4 Å². The number of likely N-dealkylation sites (tertiary alicyclic amines) is 1. The zero-order valence-electron chi connectivity index (χ0n) is 15.2. The molecule has 0 radical (unpaired) electrons. The first-order chi connectivity index (χ1) is 13.0. The summed E-state index contributed by atoms with van der Waals surface area (Å²) in [4.78, 5) is 34.6. The van der Waals surface area contributed by atoms with E-state index in [1.165, 1.54) is 4.90 Å². The first kappa shape index (κ1) is 17.7. The number of guanidine groups is 1. The Morgan fingerprint density at radius 1 is 1.30 bits per heavy atom. The van der Waals surface area contributed by atoms with Crippen molar-refractivity contribution in [1.29, 1.82) is 0 Å². The number of carbonyl (C=O) groups is 2. The highest BCUT2D eigenvalue weighted by Crippen LogP contribution is 2.45. The lowest BCUT2D eigenvalue weighted by atomic mass is 9.84. The summed E-state index contributed by atoms with van der Waals surface area (Å²) in [6.07, 6.45) is 1.10. The molecular weight excluding hydrogens is 360 g/mol. The number of aryl methyl sites for hydroxylation is 1. The van der Waals surface area contributed by atoms with E-state index in [1.54, 1.807) is 23.3 Å². The number of carbonyl (C=O) groups excluding carboxylic acids is 2. The van der Waals surface area contributed by atoms with E-state index in [0.717, 1.165) is 10.4 Å². The van der Waals surface area contributed by atoms with Crippen molar-refractivity contribution in [2.75, 3.05) is 20.1 Å². The summed E-state index contributed by atoms with van der Waals surface area (Å²) in [7, 11) is 1.64. The van der Waals surface area contributed by atoms with Crippen LogP contribution < -0.4 is 5.73 Å². The number of nitrogens with zero attached hydrogens (tertiary/aromatic N) is 3. The van der Waals surface area contributed by atoms with Gasteiger partial charge in [-0.2, -0.15) is 0 Å². The molecule has 2 aromatic rings. The number of thiophene rings is 1. The molecule has 1 aromatic heterocycles. The van der Waals surface area contributed by atoms with Crippen LogP contribution in [-0.2, 0) is 21.5 Å². The van der Waals surface area contributed by atoms with Crippen LogP contribution in [0.15, 0.2) is 52.8 Å². The number of hydrogen-bond donors (Lipinski definition) is 1. The van der Waals surface area contributed by atoms with Gasteiger partial charge in [0.2, 0.25) is 11.8 Å². The van der Waals surface area contributed by atoms with Crippen LogP contribution in [0.25, 0.3) is 0 Å². The Bertz CT molecular complexity index is 881. The molecule has 140 valence electrons.